The quantitative estimate of drug-likeness (QED) is 0.594. The molecule has 1 rings (SSSR count). The van der Waals surface area contributed by atoms with Crippen LogP contribution in [0.15, 0.2) is 18.2 Å². The Morgan fingerprint density at radius 2 is 2.14 bits per heavy atom. The predicted octanol–water partition coefficient (Wildman–Crippen LogP) is 2.62. The summed E-state index contributed by atoms with van der Waals surface area (Å²) in [6, 6.07) is 3.00. The molecule has 1 unspecified atom stereocenters. The van der Waals surface area contributed by atoms with Gasteiger partial charge in [0.05, 0.1) is 21.9 Å². The van der Waals surface area contributed by atoms with Gasteiger partial charge >= 0.3 is 5.97 Å². The Bertz CT molecular complexity index is 561. The van der Waals surface area contributed by atoms with Crippen molar-refractivity contribution >= 4 is 29.2 Å². The average Bonchev–Trinajstić information content (AvgIpc) is 2.37. The van der Waals surface area contributed by atoms with Crippen LogP contribution in [0.25, 0.3) is 0 Å². The second-order valence-corrected chi connectivity index (χ2v) is 4.89. The minimum absolute atomic E-state index is 0.0488. The molecule has 0 bridgehead atoms. The first-order valence-electron chi connectivity index (χ1n) is 6.31. The molecule has 0 heterocycles. The highest BCUT2D eigenvalue weighted by Crippen LogP contribution is 2.22. The third-order valence-electron chi connectivity index (χ3n) is 2.80. The van der Waals surface area contributed by atoms with E-state index in [-0.39, 0.29) is 22.7 Å². The molecule has 7 nitrogen and oxygen atoms in total. The van der Waals surface area contributed by atoms with Crippen molar-refractivity contribution in [1.82, 2.24) is 5.32 Å². The van der Waals surface area contributed by atoms with Crippen molar-refractivity contribution in [3.63, 3.8) is 0 Å². The first-order chi connectivity index (χ1) is 9.85. The monoisotopic (exact) mass is 314 g/mol. The van der Waals surface area contributed by atoms with Crippen LogP contribution in [-0.4, -0.2) is 27.9 Å². The van der Waals surface area contributed by atoms with Crippen molar-refractivity contribution < 1.29 is 19.6 Å². The van der Waals surface area contributed by atoms with Crippen LogP contribution < -0.4 is 5.32 Å². The number of amides is 1. The van der Waals surface area contributed by atoms with Gasteiger partial charge in [-0.15, -0.1) is 0 Å². The van der Waals surface area contributed by atoms with E-state index in [0.29, 0.717) is 12.8 Å². The summed E-state index contributed by atoms with van der Waals surface area (Å²) in [6.07, 6.45) is 1.04. The third kappa shape index (κ3) is 5.03. The van der Waals surface area contributed by atoms with Crippen LogP contribution in [0.4, 0.5) is 5.69 Å². The van der Waals surface area contributed by atoms with E-state index in [1.807, 2.05) is 6.92 Å². The van der Waals surface area contributed by atoms with Crippen LogP contribution in [0, 0.1) is 10.1 Å². The number of carboxylic acid groups (broad SMARTS) is 1. The van der Waals surface area contributed by atoms with Crippen LogP contribution in [-0.2, 0) is 4.79 Å². The summed E-state index contributed by atoms with van der Waals surface area (Å²) >= 11 is 5.85. The fourth-order valence-electron chi connectivity index (χ4n) is 1.85. The summed E-state index contributed by atoms with van der Waals surface area (Å²) < 4.78 is 0. The van der Waals surface area contributed by atoms with Gasteiger partial charge in [0, 0.05) is 18.2 Å². The molecule has 114 valence electrons. The summed E-state index contributed by atoms with van der Waals surface area (Å²) in [5.41, 5.74) is -0.138. The maximum absolute atomic E-state index is 12.1. The molecule has 0 saturated carbocycles. The molecule has 0 aliphatic rings. The molecular weight excluding hydrogens is 300 g/mol. The number of benzene rings is 1. The highest BCUT2D eigenvalue weighted by molar-refractivity contribution is 6.34. The molecule has 1 atom stereocenters. The van der Waals surface area contributed by atoms with Crippen molar-refractivity contribution in [2.75, 3.05) is 0 Å². The maximum Gasteiger partial charge on any atom is 0.305 e. The minimum atomic E-state index is -1.01. The fourth-order valence-corrected chi connectivity index (χ4v) is 2.11. The van der Waals surface area contributed by atoms with E-state index in [1.165, 1.54) is 12.1 Å². The van der Waals surface area contributed by atoms with E-state index >= 15 is 0 Å². The van der Waals surface area contributed by atoms with Crippen LogP contribution >= 0.6 is 11.6 Å². The second kappa shape index (κ2) is 7.58. The molecule has 0 spiro atoms. The highest BCUT2D eigenvalue weighted by atomic mass is 35.5. The zero-order valence-electron chi connectivity index (χ0n) is 11.3. The van der Waals surface area contributed by atoms with E-state index in [4.69, 9.17) is 16.7 Å². The lowest BCUT2D eigenvalue weighted by Crippen LogP contribution is -2.36. The van der Waals surface area contributed by atoms with Crippen molar-refractivity contribution in [3.8, 4) is 0 Å². The van der Waals surface area contributed by atoms with Crippen LogP contribution in [0.3, 0.4) is 0 Å². The molecule has 0 fully saturated rings. The SMILES string of the molecule is CCCC(CC(=O)O)NC(=O)c1ccc([N+](=O)[O-])cc1Cl. The van der Waals surface area contributed by atoms with Crippen LogP contribution in [0.5, 0.6) is 0 Å². The average molecular weight is 315 g/mol. The van der Waals surface area contributed by atoms with E-state index in [1.54, 1.807) is 0 Å². The molecular formula is C13H15ClN2O5. The molecule has 0 aromatic heterocycles. The number of nitrogens with zero attached hydrogens (tertiary/aromatic N) is 1. The summed E-state index contributed by atoms with van der Waals surface area (Å²) in [5, 5.41) is 21.9. The number of halogens is 1. The number of hydrogen-bond acceptors (Lipinski definition) is 4. The van der Waals surface area contributed by atoms with Crippen molar-refractivity contribution in [2.24, 2.45) is 0 Å². The van der Waals surface area contributed by atoms with E-state index < -0.39 is 22.8 Å². The van der Waals surface area contributed by atoms with E-state index in [0.717, 1.165) is 6.07 Å². The number of nitro benzene ring substituents is 1. The topological polar surface area (TPSA) is 110 Å². The smallest absolute Gasteiger partial charge is 0.305 e. The van der Waals surface area contributed by atoms with Crippen molar-refractivity contribution in [3.05, 3.63) is 38.9 Å². The summed E-state index contributed by atoms with van der Waals surface area (Å²) in [7, 11) is 0. The lowest BCUT2D eigenvalue weighted by atomic mass is 10.1. The van der Waals surface area contributed by atoms with Crippen LogP contribution in [0.1, 0.15) is 36.5 Å². The highest BCUT2D eigenvalue weighted by Gasteiger charge is 2.19. The zero-order chi connectivity index (χ0) is 16.0. The number of aliphatic carboxylic acids is 1. The number of carbonyl (C=O) groups is 2. The largest absolute Gasteiger partial charge is 0.481 e. The molecule has 1 amide bonds. The first kappa shape index (κ1) is 16.9. The summed E-state index contributed by atoms with van der Waals surface area (Å²) in [5.74, 6) is -1.56. The Kier molecular flexibility index (Phi) is 6.10. The van der Waals surface area contributed by atoms with Gasteiger partial charge in [-0.25, -0.2) is 0 Å². The number of rotatable bonds is 7. The van der Waals surface area contributed by atoms with E-state index in [9.17, 15) is 19.7 Å². The number of nitro groups is 1. The number of carboxylic acids is 1. The van der Waals surface area contributed by atoms with Gasteiger partial charge in [-0.2, -0.15) is 0 Å². The fraction of sp³-hybridized carbons (Fsp3) is 0.385. The number of nitrogens with one attached hydrogen (secondary N) is 1. The maximum atomic E-state index is 12.1. The zero-order valence-corrected chi connectivity index (χ0v) is 12.1. The van der Waals surface area contributed by atoms with Gasteiger partial charge in [0.1, 0.15) is 0 Å². The lowest BCUT2D eigenvalue weighted by molar-refractivity contribution is -0.384. The molecule has 0 saturated heterocycles. The van der Waals surface area contributed by atoms with Gasteiger partial charge in [0.25, 0.3) is 11.6 Å². The molecule has 0 aliphatic heterocycles. The standard InChI is InChI=1S/C13H15ClN2O5/c1-2-3-8(6-12(17)18)15-13(19)10-5-4-9(16(20)21)7-11(10)14/h4-5,7-8H,2-3,6H2,1H3,(H,15,19)(H,17,18). The van der Waals surface area contributed by atoms with Gasteiger partial charge in [-0.3, -0.25) is 19.7 Å². The molecule has 0 radical (unpaired) electrons. The number of hydrogen-bond donors (Lipinski definition) is 2. The number of carbonyl (C=O) groups excluding carboxylic acids is 1. The number of non-ortho nitro benzene ring substituents is 1. The van der Waals surface area contributed by atoms with E-state index in [2.05, 4.69) is 5.32 Å². The Hall–Kier alpha value is -2.15. The van der Waals surface area contributed by atoms with Gasteiger partial charge in [-0.1, -0.05) is 24.9 Å². The Balaban J connectivity index is 2.87. The Morgan fingerprint density at radius 3 is 2.62 bits per heavy atom. The first-order valence-corrected chi connectivity index (χ1v) is 6.69. The molecule has 21 heavy (non-hydrogen) atoms. The normalized spacial score (nSPS) is 11.7. The van der Waals surface area contributed by atoms with Crippen molar-refractivity contribution in [2.45, 2.75) is 32.2 Å². The second-order valence-electron chi connectivity index (χ2n) is 4.48. The molecule has 2 N–H and O–H groups in total. The Labute approximate surface area is 126 Å². The van der Waals surface area contributed by atoms with Gasteiger partial charge in [0.15, 0.2) is 0 Å². The van der Waals surface area contributed by atoms with Crippen molar-refractivity contribution in [1.29, 1.82) is 0 Å². The summed E-state index contributed by atoms with van der Waals surface area (Å²) in [6.45, 7) is 1.87. The molecule has 0 aliphatic carbocycles. The van der Waals surface area contributed by atoms with Gasteiger partial charge in [-0.05, 0) is 12.5 Å². The Morgan fingerprint density at radius 1 is 1.48 bits per heavy atom. The molecule has 1 aromatic carbocycles. The van der Waals surface area contributed by atoms with Crippen LogP contribution in [0.2, 0.25) is 5.02 Å². The third-order valence-corrected chi connectivity index (χ3v) is 3.11. The summed E-state index contributed by atoms with van der Waals surface area (Å²) in [4.78, 5) is 32.8. The lowest BCUT2D eigenvalue weighted by Gasteiger charge is -2.16. The van der Waals surface area contributed by atoms with Gasteiger partial charge < -0.3 is 10.4 Å². The molecule has 8 heteroatoms. The predicted molar refractivity (Wildman–Crippen MR) is 76.5 cm³/mol. The van der Waals surface area contributed by atoms with Gasteiger partial charge in [0.2, 0.25) is 0 Å². The minimum Gasteiger partial charge on any atom is -0.481 e. The molecule has 1 aromatic rings.